The SMILES string of the molecule is C#Cc1c(F)ccc2cccc(-c3ncc4c(N5CCCC(C#N)CC5)nc(OC[C@@]56CCCN5[C@H](COC(=O)NCCOCCOc5ccc7c(c5)n(C)c(=O)n7C5CCC(=O)NC5=O)CC6)nc4c3F)c12. The molecule has 3 aromatic carbocycles. The lowest BCUT2D eigenvalue weighted by molar-refractivity contribution is -0.135. The van der Waals surface area contributed by atoms with Crippen molar-refractivity contribution in [3.63, 3.8) is 0 Å². The first-order valence-corrected chi connectivity index (χ1v) is 24.7. The summed E-state index contributed by atoms with van der Waals surface area (Å²) < 4.78 is 58.7. The summed E-state index contributed by atoms with van der Waals surface area (Å²) in [6.07, 6.45) is 12.5. The second kappa shape index (κ2) is 20.8. The molecule has 18 nitrogen and oxygen atoms in total. The van der Waals surface area contributed by atoms with Crippen LogP contribution in [0.3, 0.4) is 0 Å². The number of fused-ring (bicyclic) bond motifs is 4. The zero-order valence-corrected chi connectivity index (χ0v) is 40.3. The van der Waals surface area contributed by atoms with Crippen molar-refractivity contribution in [2.75, 3.05) is 64.1 Å². The van der Waals surface area contributed by atoms with Crippen molar-refractivity contribution in [1.82, 2.24) is 39.6 Å². The molecule has 20 heteroatoms. The fourth-order valence-corrected chi connectivity index (χ4v) is 11.1. The van der Waals surface area contributed by atoms with Gasteiger partial charge in [-0.1, -0.05) is 30.2 Å². The summed E-state index contributed by atoms with van der Waals surface area (Å²) in [4.78, 5) is 68.6. The Balaban J connectivity index is 0.746. The number of carbonyl (C=O) groups is 3. The number of anilines is 1. The van der Waals surface area contributed by atoms with E-state index in [1.54, 1.807) is 49.5 Å². The maximum absolute atomic E-state index is 17.1. The number of pyridine rings is 1. The number of ether oxygens (including phenoxy) is 4. The van der Waals surface area contributed by atoms with E-state index in [-0.39, 0.29) is 104 Å². The minimum Gasteiger partial charge on any atom is -0.491 e. The number of terminal acetylenes is 1. The average Bonchev–Trinajstić information content (AvgIpc) is 3.96. The molecule has 2 unspecified atom stereocenters. The summed E-state index contributed by atoms with van der Waals surface area (Å²) in [7, 11) is 1.61. The first-order valence-electron chi connectivity index (χ1n) is 24.7. The van der Waals surface area contributed by atoms with Crippen molar-refractivity contribution in [1.29, 1.82) is 5.26 Å². The fourth-order valence-electron chi connectivity index (χ4n) is 11.1. The van der Waals surface area contributed by atoms with Crippen LogP contribution in [-0.2, 0) is 26.1 Å². The number of halogens is 2. The lowest BCUT2D eigenvalue weighted by atomic mass is 9.95. The number of aryl methyl sites for hydroxylation is 1. The van der Waals surface area contributed by atoms with Crippen molar-refractivity contribution in [3.05, 3.63) is 82.4 Å². The summed E-state index contributed by atoms with van der Waals surface area (Å²) in [6.45, 7) is 3.14. The van der Waals surface area contributed by atoms with Crippen LogP contribution >= 0.6 is 0 Å². The predicted molar refractivity (Wildman–Crippen MR) is 265 cm³/mol. The van der Waals surface area contributed by atoms with Gasteiger partial charge in [-0.05, 0) is 81.5 Å². The Labute approximate surface area is 418 Å². The van der Waals surface area contributed by atoms with Gasteiger partial charge in [0.15, 0.2) is 5.82 Å². The van der Waals surface area contributed by atoms with E-state index < -0.39 is 29.7 Å². The molecule has 7 heterocycles. The van der Waals surface area contributed by atoms with Crippen molar-refractivity contribution in [3.8, 4) is 41.4 Å². The first kappa shape index (κ1) is 48.9. The smallest absolute Gasteiger partial charge is 0.407 e. The highest BCUT2D eigenvalue weighted by molar-refractivity contribution is 6.02. The zero-order chi connectivity index (χ0) is 50.8. The van der Waals surface area contributed by atoms with Crippen LogP contribution in [0.5, 0.6) is 11.8 Å². The molecule has 4 atom stereocenters. The minimum absolute atomic E-state index is 0.00386. The van der Waals surface area contributed by atoms with E-state index >= 15 is 8.78 Å². The molecule has 2 N–H and O–H groups in total. The molecule has 0 saturated carbocycles. The lowest BCUT2D eigenvalue weighted by Gasteiger charge is -2.34. The van der Waals surface area contributed by atoms with Crippen LogP contribution in [0.15, 0.2) is 59.5 Å². The third kappa shape index (κ3) is 9.60. The maximum Gasteiger partial charge on any atom is 0.407 e. The van der Waals surface area contributed by atoms with E-state index in [9.17, 15) is 24.4 Å². The van der Waals surface area contributed by atoms with Gasteiger partial charge in [0.25, 0.3) is 0 Å². The summed E-state index contributed by atoms with van der Waals surface area (Å²) in [5.41, 5.74) is 0.676. The number of carbonyl (C=O) groups excluding carboxylic acids is 3. The lowest BCUT2D eigenvalue weighted by Crippen LogP contribution is -2.48. The number of imide groups is 1. The largest absolute Gasteiger partial charge is 0.491 e. The van der Waals surface area contributed by atoms with Crippen molar-refractivity contribution in [2.24, 2.45) is 13.0 Å². The number of nitriles is 1. The topological polar surface area (TPSA) is 208 Å². The number of hydrogen-bond donors (Lipinski definition) is 2. The van der Waals surface area contributed by atoms with Crippen LogP contribution < -0.4 is 30.7 Å². The summed E-state index contributed by atoms with van der Waals surface area (Å²) in [6, 6.07) is 14.8. The molecule has 4 aliphatic rings. The van der Waals surface area contributed by atoms with Gasteiger partial charge >= 0.3 is 17.8 Å². The number of nitrogens with zero attached hydrogens (tertiary/aromatic N) is 8. The van der Waals surface area contributed by atoms with Crippen molar-refractivity contribution < 1.29 is 42.1 Å². The molecule has 378 valence electrons. The first-order chi connectivity index (χ1) is 35.5. The van der Waals surface area contributed by atoms with Gasteiger partial charge in [0.2, 0.25) is 11.8 Å². The van der Waals surface area contributed by atoms with E-state index in [0.717, 1.165) is 45.1 Å². The van der Waals surface area contributed by atoms with Crippen LogP contribution in [-0.4, -0.2) is 118 Å². The van der Waals surface area contributed by atoms with Gasteiger partial charge in [-0.2, -0.15) is 15.2 Å². The summed E-state index contributed by atoms with van der Waals surface area (Å²) in [5.74, 6) is 1.11. The Morgan fingerprint density at radius 2 is 1.85 bits per heavy atom. The van der Waals surface area contributed by atoms with Crippen molar-refractivity contribution >= 4 is 56.4 Å². The van der Waals surface area contributed by atoms with E-state index in [1.807, 2.05) is 4.90 Å². The molecule has 10 rings (SSSR count). The second-order valence-corrected chi connectivity index (χ2v) is 19.0. The van der Waals surface area contributed by atoms with Crippen LogP contribution in [0.4, 0.5) is 19.4 Å². The molecule has 6 aromatic rings. The number of rotatable bonds is 15. The number of hydrogen-bond acceptors (Lipinski definition) is 14. The fraction of sp³-hybridized carbons (Fsp3) is 0.434. The monoisotopic (exact) mass is 996 g/mol. The van der Waals surface area contributed by atoms with E-state index in [4.69, 9.17) is 30.4 Å². The number of benzene rings is 3. The van der Waals surface area contributed by atoms with E-state index in [2.05, 4.69) is 37.5 Å². The average molecular weight is 997 g/mol. The van der Waals surface area contributed by atoms with Gasteiger partial charge in [0.05, 0.1) is 46.8 Å². The molecule has 0 aliphatic carbocycles. The predicted octanol–water partition coefficient (Wildman–Crippen LogP) is 6.06. The number of nitrogens with one attached hydrogen (secondary N) is 2. The number of imidazole rings is 1. The highest BCUT2D eigenvalue weighted by Gasteiger charge is 2.50. The van der Waals surface area contributed by atoms with Crippen LogP contribution in [0.25, 0.3) is 44.0 Å². The highest BCUT2D eigenvalue weighted by atomic mass is 19.1. The molecule has 3 aromatic heterocycles. The third-order valence-corrected chi connectivity index (χ3v) is 14.8. The summed E-state index contributed by atoms with van der Waals surface area (Å²) >= 11 is 0. The number of amides is 3. The number of aromatic nitrogens is 5. The molecule has 4 fully saturated rings. The van der Waals surface area contributed by atoms with Gasteiger partial charge in [0, 0.05) is 68.3 Å². The molecule has 0 spiro atoms. The Morgan fingerprint density at radius 3 is 2.68 bits per heavy atom. The Morgan fingerprint density at radius 1 is 0.973 bits per heavy atom. The van der Waals surface area contributed by atoms with Gasteiger partial charge < -0.3 is 29.2 Å². The van der Waals surface area contributed by atoms with Crippen LogP contribution in [0.1, 0.15) is 69.4 Å². The van der Waals surface area contributed by atoms with Gasteiger partial charge in [-0.25, -0.2) is 18.4 Å². The van der Waals surface area contributed by atoms with E-state index in [0.29, 0.717) is 63.8 Å². The number of piperidine rings is 1. The van der Waals surface area contributed by atoms with E-state index in [1.165, 1.54) is 21.4 Å². The molecule has 4 saturated heterocycles. The van der Waals surface area contributed by atoms with Gasteiger partial charge in [0.1, 0.15) is 54.5 Å². The standard InChI is InChI=1S/C53H54F2N10O8/c1-3-36-39(54)12-10-33-8-4-9-37(44(33)36)46-45(55)47-38(29-58-46)48(63-21-5-7-32(28-56)17-23-63)61-50(60-47)73-31-53-18-6-22-64(53)34(16-19-53)30-72-51(68)57-20-24-70-25-26-71-35-11-13-40-42(27-35)62(2)52(69)65(40)41-14-15-43(66)59-49(41)67/h1,4,8-13,27,29,32,34,41H,5-7,14-26,30-31H2,2H3,(H,57,68)(H,59,66,67)/t32?,34-,41?,53-/m0/s1. The van der Waals surface area contributed by atoms with Crippen molar-refractivity contribution in [2.45, 2.75) is 75.4 Å². The summed E-state index contributed by atoms with van der Waals surface area (Å²) in [5, 5.41) is 16.1. The Kier molecular flexibility index (Phi) is 13.9. The molecule has 3 amide bonds. The Hall–Kier alpha value is -7.68. The van der Waals surface area contributed by atoms with Crippen LogP contribution in [0.2, 0.25) is 0 Å². The molecular weight excluding hydrogens is 943 g/mol. The van der Waals surface area contributed by atoms with Gasteiger partial charge in [-0.3, -0.25) is 33.9 Å². The quantitative estimate of drug-likeness (QED) is 0.0681. The third-order valence-electron chi connectivity index (χ3n) is 14.8. The normalized spacial score (nSPS) is 21.2. The molecular formula is C53H54F2N10O8. The second-order valence-electron chi connectivity index (χ2n) is 19.0. The van der Waals surface area contributed by atoms with Gasteiger partial charge in [-0.15, -0.1) is 6.42 Å². The number of alkyl carbamates (subject to hydrolysis) is 1. The minimum atomic E-state index is -0.780. The Bertz CT molecular complexity index is 3290. The molecule has 0 radical (unpaired) electrons. The molecule has 73 heavy (non-hydrogen) atoms. The highest BCUT2D eigenvalue weighted by Crippen LogP contribution is 2.43. The van der Waals surface area contributed by atoms with Crippen LogP contribution in [0, 0.1) is 41.2 Å². The zero-order valence-electron chi connectivity index (χ0n) is 40.3. The molecule has 4 aliphatic heterocycles. The molecule has 0 bridgehead atoms. The maximum atomic E-state index is 17.1.